The van der Waals surface area contributed by atoms with Gasteiger partial charge in [-0.1, -0.05) is 84.1 Å². The van der Waals surface area contributed by atoms with Crippen LogP contribution in [0.1, 0.15) is 22.3 Å². The van der Waals surface area contributed by atoms with Gasteiger partial charge in [-0.3, -0.25) is 0 Å². The Morgan fingerprint density at radius 1 is 0.594 bits per heavy atom. The Bertz CT molecular complexity index is 946. The normalized spacial score (nSPS) is 9.75. The molecule has 32 heavy (non-hydrogen) atoms. The first-order valence-corrected chi connectivity index (χ1v) is 11.7. The van der Waals surface area contributed by atoms with Crippen molar-refractivity contribution in [1.82, 2.24) is 0 Å². The van der Waals surface area contributed by atoms with Crippen LogP contribution in [-0.2, 0) is 0 Å². The first-order valence-electron chi connectivity index (χ1n) is 8.76. The highest BCUT2D eigenvalue weighted by molar-refractivity contribution is 14.1. The Kier molecular flexibility index (Phi) is 12.0. The third-order valence-corrected chi connectivity index (χ3v) is 6.19. The molecule has 4 N–H and O–H groups in total. The Balaban J connectivity index is 0.000000241. The van der Waals surface area contributed by atoms with Crippen molar-refractivity contribution < 1.29 is 17.6 Å². The van der Waals surface area contributed by atoms with Crippen molar-refractivity contribution in [1.29, 1.82) is 0 Å². The molecule has 0 aromatic heterocycles. The van der Waals surface area contributed by atoms with Crippen molar-refractivity contribution in [2.24, 2.45) is 11.5 Å². The standard InChI is InChI=1S/2C8H9NS.C6F4I2/c2*1-6-2-4-7(5-3-6)8(9)10;7-1-2(8)6(12)4(10)3(9)5(1)11/h2*2-5H,1H3,(H2,9,10);. The number of hydrogen-bond acceptors (Lipinski definition) is 2. The fraction of sp³-hybridized carbons (Fsp3) is 0.0909. The van der Waals surface area contributed by atoms with Gasteiger partial charge in [0.2, 0.25) is 0 Å². The van der Waals surface area contributed by atoms with Gasteiger partial charge in [-0.15, -0.1) is 0 Å². The minimum absolute atomic E-state index is 0.458. The van der Waals surface area contributed by atoms with Crippen LogP contribution < -0.4 is 11.5 Å². The van der Waals surface area contributed by atoms with Crippen molar-refractivity contribution >= 4 is 79.6 Å². The second-order valence-corrected chi connectivity index (χ2v) is 9.38. The largest absolute Gasteiger partial charge is 0.389 e. The molecule has 0 aliphatic heterocycles. The second kappa shape index (κ2) is 13.4. The van der Waals surface area contributed by atoms with Crippen LogP contribution in [0.4, 0.5) is 17.6 Å². The lowest BCUT2D eigenvalue weighted by atomic mass is 10.1. The summed E-state index contributed by atoms with van der Waals surface area (Å²) in [5.41, 5.74) is 15.1. The summed E-state index contributed by atoms with van der Waals surface area (Å²) in [6.45, 7) is 4.06. The fourth-order valence-electron chi connectivity index (χ4n) is 2.01. The Morgan fingerprint density at radius 2 is 0.812 bits per heavy atom. The van der Waals surface area contributed by atoms with E-state index in [2.05, 4.69) is 0 Å². The molecular formula is C22H18F4I2N2S2. The van der Waals surface area contributed by atoms with E-state index in [4.69, 9.17) is 35.9 Å². The minimum atomic E-state index is -1.35. The van der Waals surface area contributed by atoms with E-state index >= 15 is 0 Å². The molecule has 0 radical (unpaired) electrons. The Labute approximate surface area is 222 Å². The molecule has 0 bridgehead atoms. The molecule has 0 saturated carbocycles. The summed E-state index contributed by atoms with van der Waals surface area (Å²) in [5, 5.41) is 0. The number of thiocarbonyl (C=S) groups is 2. The highest BCUT2D eigenvalue weighted by Crippen LogP contribution is 2.26. The van der Waals surface area contributed by atoms with Gasteiger partial charge >= 0.3 is 0 Å². The van der Waals surface area contributed by atoms with Crippen molar-refractivity contribution in [3.05, 3.63) is 101 Å². The lowest BCUT2D eigenvalue weighted by molar-refractivity contribution is 0.437. The number of rotatable bonds is 2. The molecule has 3 aromatic carbocycles. The predicted octanol–water partition coefficient (Wildman–Crippen LogP) is 6.71. The molecule has 0 spiro atoms. The lowest BCUT2D eigenvalue weighted by Crippen LogP contribution is -2.08. The van der Waals surface area contributed by atoms with Gasteiger partial charge in [-0.25, -0.2) is 17.6 Å². The predicted molar refractivity (Wildman–Crippen MR) is 146 cm³/mol. The number of aryl methyl sites for hydroxylation is 2. The van der Waals surface area contributed by atoms with E-state index in [1.54, 1.807) is 0 Å². The molecule has 0 heterocycles. The zero-order valence-corrected chi connectivity index (χ0v) is 22.8. The Morgan fingerprint density at radius 3 is 1.00 bits per heavy atom. The molecular weight excluding hydrogens is 686 g/mol. The van der Waals surface area contributed by atoms with E-state index in [0.717, 1.165) is 11.1 Å². The molecule has 0 atom stereocenters. The molecule has 0 aliphatic rings. The zero-order valence-electron chi connectivity index (χ0n) is 16.9. The number of hydrogen-bond donors (Lipinski definition) is 2. The summed E-state index contributed by atoms with van der Waals surface area (Å²) in [6.07, 6.45) is 0. The fourth-order valence-corrected chi connectivity index (χ4v) is 3.23. The van der Waals surface area contributed by atoms with Crippen molar-refractivity contribution in [3.8, 4) is 0 Å². The number of nitrogens with two attached hydrogens (primary N) is 2. The van der Waals surface area contributed by atoms with Gasteiger partial charge in [0.25, 0.3) is 0 Å². The summed E-state index contributed by atoms with van der Waals surface area (Å²) in [7, 11) is 0. The van der Waals surface area contributed by atoms with Gasteiger partial charge in [-0.2, -0.15) is 0 Å². The molecule has 2 nitrogen and oxygen atoms in total. The average molecular weight is 704 g/mol. The maximum Gasteiger partial charge on any atom is 0.176 e. The summed E-state index contributed by atoms with van der Waals surface area (Å²) in [5.74, 6) is -5.39. The number of halogens is 6. The van der Waals surface area contributed by atoms with Gasteiger partial charge in [0, 0.05) is 11.1 Å². The van der Waals surface area contributed by atoms with Crippen LogP contribution >= 0.6 is 69.6 Å². The van der Waals surface area contributed by atoms with Crippen molar-refractivity contribution in [2.45, 2.75) is 13.8 Å². The highest BCUT2D eigenvalue weighted by atomic mass is 127. The van der Waals surface area contributed by atoms with Crippen LogP contribution in [0.15, 0.2) is 48.5 Å². The number of benzene rings is 3. The molecule has 0 amide bonds. The first-order chi connectivity index (χ1) is 14.9. The first kappa shape index (κ1) is 28.7. The highest BCUT2D eigenvalue weighted by Gasteiger charge is 2.21. The second-order valence-electron chi connectivity index (χ2n) is 6.34. The van der Waals surface area contributed by atoms with Gasteiger partial charge in [-0.05, 0) is 59.0 Å². The average Bonchev–Trinajstić information content (AvgIpc) is 2.76. The van der Waals surface area contributed by atoms with Crippen molar-refractivity contribution in [2.75, 3.05) is 0 Å². The van der Waals surface area contributed by atoms with Gasteiger partial charge in [0.05, 0.1) is 7.14 Å². The van der Waals surface area contributed by atoms with Crippen LogP contribution in [-0.4, -0.2) is 9.98 Å². The van der Waals surface area contributed by atoms with Gasteiger partial charge in [0.1, 0.15) is 9.98 Å². The molecule has 10 heteroatoms. The van der Waals surface area contributed by atoms with Crippen LogP contribution in [0.2, 0.25) is 0 Å². The van der Waals surface area contributed by atoms with E-state index < -0.39 is 30.4 Å². The SMILES string of the molecule is Cc1ccc(C(N)=S)cc1.Cc1ccc(C(N)=S)cc1.Fc1c(F)c(I)c(F)c(F)c1I. The maximum absolute atomic E-state index is 12.6. The Hall–Kier alpha value is -1.38. The molecule has 0 saturated heterocycles. The van der Waals surface area contributed by atoms with E-state index in [-0.39, 0.29) is 0 Å². The van der Waals surface area contributed by atoms with Crippen LogP contribution in [0, 0.1) is 44.3 Å². The lowest BCUT2D eigenvalue weighted by Gasteiger charge is -2.02. The third-order valence-electron chi connectivity index (χ3n) is 3.83. The molecule has 0 fully saturated rings. The molecule has 0 unspecified atom stereocenters. The molecule has 170 valence electrons. The molecule has 3 rings (SSSR count). The third kappa shape index (κ3) is 8.52. The monoisotopic (exact) mass is 704 g/mol. The van der Waals surface area contributed by atoms with Crippen LogP contribution in [0.5, 0.6) is 0 Å². The molecule has 0 aliphatic carbocycles. The zero-order chi connectivity index (χ0) is 24.6. The van der Waals surface area contributed by atoms with E-state index in [9.17, 15) is 17.6 Å². The van der Waals surface area contributed by atoms with E-state index in [0.29, 0.717) is 9.98 Å². The van der Waals surface area contributed by atoms with Crippen LogP contribution in [0.25, 0.3) is 0 Å². The van der Waals surface area contributed by atoms with Crippen molar-refractivity contribution in [3.63, 3.8) is 0 Å². The van der Waals surface area contributed by atoms with Gasteiger partial charge < -0.3 is 11.5 Å². The van der Waals surface area contributed by atoms with E-state index in [1.165, 1.54) is 56.3 Å². The quantitative estimate of drug-likeness (QED) is 0.103. The summed E-state index contributed by atoms with van der Waals surface area (Å²) >= 11 is 12.0. The molecule has 3 aromatic rings. The summed E-state index contributed by atoms with van der Waals surface area (Å²) in [6, 6.07) is 15.7. The maximum atomic E-state index is 12.6. The minimum Gasteiger partial charge on any atom is -0.389 e. The van der Waals surface area contributed by atoms with Gasteiger partial charge in [0.15, 0.2) is 23.3 Å². The van der Waals surface area contributed by atoms with Crippen LogP contribution in [0.3, 0.4) is 0 Å². The smallest absolute Gasteiger partial charge is 0.176 e. The summed E-state index contributed by atoms with van der Waals surface area (Å²) in [4.78, 5) is 0.917. The van der Waals surface area contributed by atoms with E-state index in [1.807, 2.05) is 62.4 Å². The topological polar surface area (TPSA) is 52.0 Å². The summed E-state index contributed by atoms with van der Waals surface area (Å²) < 4.78 is 49.2.